The molecular formula is C10H6N2O2. The lowest BCUT2D eigenvalue weighted by atomic mass is 10.1. The first kappa shape index (κ1) is 8.45. The van der Waals surface area contributed by atoms with Crippen LogP contribution in [0.3, 0.4) is 0 Å². The summed E-state index contributed by atoms with van der Waals surface area (Å²) in [6.07, 6.45) is 0. The quantitative estimate of drug-likeness (QED) is 0.503. The van der Waals surface area contributed by atoms with Crippen LogP contribution >= 0.6 is 0 Å². The maximum Gasteiger partial charge on any atom is 0.262 e. The van der Waals surface area contributed by atoms with E-state index in [1.807, 2.05) is 0 Å². The number of carbonyl (C=O) groups is 1. The molecule has 0 atom stereocenters. The number of nitriles is 1. The Balaban J connectivity index is 2.62. The van der Waals surface area contributed by atoms with Crippen LogP contribution in [0.25, 0.3) is 11.1 Å². The minimum atomic E-state index is -0.569. The number of ketones is 1. The Morgan fingerprint density at radius 3 is 3.07 bits per heavy atom. The molecule has 4 nitrogen and oxygen atoms in total. The van der Waals surface area contributed by atoms with Crippen LogP contribution in [0.5, 0.6) is 0 Å². The number of benzene rings is 1. The Morgan fingerprint density at radius 2 is 2.36 bits per heavy atom. The minimum absolute atomic E-state index is 0.330. The largest absolute Gasteiger partial charge is 0.441 e. The summed E-state index contributed by atoms with van der Waals surface area (Å²) in [6, 6.07) is 6.31. The minimum Gasteiger partial charge on any atom is -0.441 e. The monoisotopic (exact) mass is 186 g/mol. The van der Waals surface area contributed by atoms with Crippen molar-refractivity contribution in [2.75, 3.05) is 0 Å². The highest BCUT2D eigenvalue weighted by Crippen LogP contribution is 2.16. The average molecular weight is 186 g/mol. The van der Waals surface area contributed by atoms with Gasteiger partial charge in [-0.3, -0.25) is 4.79 Å². The molecular weight excluding hydrogens is 180 g/mol. The molecule has 1 aromatic heterocycles. The van der Waals surface area contributed by atoms with Gasteiger partial charge in [-0.25, -0.2) is 4.98 Å². The van der Waals surface area contributed by atoms with Gasteiger partial charge in [-0.2, -0.15) is 5.26 Å². The molecule has 1 heterocycles. The lowest BCUT2D eigenvalue weighted by molar-refractivity contribution is 0.105. The first-order chi connectivity index (χ1) is 6.70. The van der Waals surface area contributed by atoms with E-state index in [-0.39, 0.29) is 0 Å². The molecule has 0 spiro atoms. The second-order valence-electron chi connectivity index (χ2n) is 2.86. The van der Waals surface area contributed by atoms with Crippen LogP contribution in [0.2, 0.25) is 0 Å². The van der Waals surface area contributed by atoms with Gasteiger partial charge in [0, 0.05) is 12.5 Å². The van der Waals surface area contributed by atoms with Gasteiger partial charge in [0.25, 0.3) is 5.78 Å². The van der Waals surface area contributed by atoms with Crippen LogP contribution in [-0.2, 0) is 0 Å². The third kappa shape index (κ3) is 1.25. The van der Waals surface area contributed by atoms with Crippen molar-refractivity contribution in [3.05, 3.63) is 29.7 Å². The first-order valence-electron chi connectivity index (χ1n) is 4.02. The van der Waals surface area contributed by atoms with Crippen molar-refractivity contribution >= 4 is 16.9 Å². The zero-order valence-corrected chi connectivity index (χ0v) is 7.44. The molecule has 4 heteroatoms. The molecule has 0 amide bonds. The Morgan fingerprint density at radius 1 is 1.57 bits per heavy atom. The molecule has 0 aliphatic heterocycles. The number of Topliss-reactive ketones (excluding diaryl/α,β-unsaturated/α-hetero) is 1. The topological polar surface area (TPSA) is 66.9 Å². The lowest BCUT2D eigenvalue weighted by Gasteiger charge is -1.90. The Kier molecular flexibility index (Phi) is 1.79. The summed E-state index contributed by atoms with van der Waals surface area (Å²) in [5, 5.41) is 8.42. The number of oxazole rings is 1. The maximum absolute atomic E-state index is 11.0. The number of aromatic nitrogens is 1. The second kappa shape index (κ2) is 2.96. The van der Waals surface area contributed by atoms with Gasteiger partial charge < -0.3 is 4.42 Å². The number of fused-ring (bicyclic) bond motifs is 1. The summed E-state index contributed by atoms with van der Waals surface area (Å²) < 4.78 is 5.23. The van der Waals surface area contributed by atoms with E-state index in [1.165, 1.54) is 6.07 Å². The SMILES string of the molecule is Cc1nc2ccc(C(=O)C#N)cc2o1. The summed E-state index contributed by atoms with van der Waals surface area (Å²) in [5.41, 5.74) is 1.55. The van der Waals surface area contributed by atoms with Crippen LogP contribution in [0.4, 0.5) is 0 Å². The number of hydrogen-bond donors (Lipinski definition) is 0. The van der Waals surface area contributed by atoms with Crippen molar-refractivity contribution < 1.29 is 9.21 Å². The molecule has 0 aliphatic carbocycles. The van der Waals surface area contributed by atoms with Gasteiger partial charge in [0.05, 0.1) is 0 Å². The van der Waals surface area contributed by atoms with E-state index < -0.39 is 5.78 Å². The standard InChI is InChI=1S/C10H6N2O2/c1-6-12-8-3-2-7(9(13)5-11)4-10(8)14-6/h2-4H,1H3. The highest BCUT2D eigenvalue weighted by Gasteiger charge is 2.07. The zero-order chi connectivity index (χ0) is 10.1. The third-order valence-corrected chi connectivity index (χ3v) is 1.86. The van der Waals surface area contributed by atoms with E-state index in [2.05, 4.69) is 4.98 Å². The number of carbonyl (C=O) groups excluding carboxylic acids is 1. The molecule has 14 heavy (non-hydrogen) atoms. The number of hydrogen-bond acceptors (Lipinski definition) is 4. The molecule has 1 aromatic carbocycles. The molecule has 0 bridgehead atoms. The molecule has 2 rings (SSSR count). The van der Waals surface area contributed by atoms with Crippen molar-refractivity contribution in [1.82, 2.24) is 4.98 Å². The van der Waals surface area contributed by atoms with Gasteiger partial charge in [0.15, 0.2) is 11.5 Å². The Hall–Kier alpha value is -2.15. The maximum atomic E-state index is 11.0. The molecule has 0 unspecified atom stereocenters. The predicted molar refractivity (Wildman–Crippen MR) is 48.7 cm³/mol. The smallest absolute Gasteiger partial charge is 0.262 e. The number of rotatable bonds is 1. The van der Waals surface area contributed by atoms with Crippen LogP contribution in [0, 0.1) is 18.3 Å². The fourth-order valence-electron chi connectivity index (χ4n) is 1.25. The fourth-order valence-corrected chi connectivity index (χ4v) is 1.25. The van der Waals surface area contributed by atoms with Crippen LogP contribution < -0.4 is 0 Å². The summed E-state index contributed by atoms with van der Waals surface area (Å²) in [5.74, 6) is -0.0255. The fraction of sp³-hybridized carbons (Fsp3) is 0.100. The average Bonchev–Trinajstić information content (AvgIpc) is 2.55. The normalized spacial score (nSPS) is 10.0. The summed E-state index contributed by atoms with van der Waals surface area (Å²) in [7, 11) is 0. The summed E-state index contributed by atoms with van der Waals surface area (Å²) in [4.78, 5) is 15.1. The lowest BCUT2D eigenvalue weighted by Crippen LogP contribution is -1.92. The van der Waals surface area contributed by atoms with E-state index in [1.54, 1.807) is 25.1 Å². The first-order valence-corrected chi connectivity index (χ1v) is 4.02. The molecule has 2 aromatic rings. The van der Waals surface area contributed by atoms with E-state index in [9.17, 15) is 4.79 Å². The Labute approximate surface area is 79.8 Å². The van der Waals surface area contributed by atoms with Gasteiger partial charge in [-0.05, 0) is 18.2 Å². The van der Waals surface area contributed by atoms with Crippen molar-refractivity contribution in [2.24, 2.45) is 0 Å². The third-order valence-electron chi connectivity index (χ3n) is 1.86. The molecule has 0 N–H and O–H groups in total. The molecule has 0 fully saturated rings. The van der Waals surface area contributed by atoms with Crippen molar-refractivity contribution in [2.45, 2.75) is 6.92 Å². The van der Waals surface area contributed by atoms with Crippen molar-refractivity contribution in [3.63, 3.8) is 0 Å². The predicted octanol–water partition coefficient (Wildman–Crippen LogP) is 1.84. The number of nitrogens with zero attached hydrogens (tertiary/aromatic N) is 2. The zero-order valence-electron chi connectivity index (χ0n) is 7.44. The number of aryl methyl sites for hydroxylation is 1. The van der Waals surface area contributed by atoms with E-state index in [0.29, 0.717) is 22.6 Å². The van der Waals surface area contributed by atoms with E-state index in [0.717, 1.165) is 0 Å². The van der Waals surface area contributed by atoms with Gasteiger partial charge >= 0.3 is 0 Å². The molecule has 68 valence electrons. The van der Waals surface area contributed by atoms with E-state index in [4.69, 9.17) is 9.68 Å². The molecule has 0 radical (unpaired) electrons. The van der Waals surface area contributed by atoms with Gasteiger partial charge in [0.1, 0.15) is 11.6 Å². The molecule has 0 saturated carbocycles. The van der Waals surface area contributed by atoms with Crippen molar-refractivity contribution in [1.29, 1.82) is 5.26 Å². The highest BCUT2D eigenvalue weighted by molar-refractivity contribution is 6.08. The van der Waals surface area contributed by atoms with Crippen LogP contribution in [-0.4, -0.2) is 10.8 Å². The Bertz CT molecular complexity index is 549. The van der Waals surface area contributed by atoms with Crippen molar-refractivity contribution in [3.8, 4) is 6.07 Å². The summed E-state index contributed by atoms with van der Waals surface area (Å²) in [6.45, 7) is 1.73. The molecule has 0 saturated heterocycles. The highest BCUT2D eigenvalue weighted by atomic mass is 16.3. The van der Waals surface area contributed by atoms with Gasteiger partial charge in [-0.15, -0.1) is 0 Å². The van der Waals surface area contributed by atoms with E-state index >= 15 is 0 Å². The molecule has 0 aliphatic rings. The van der Waals surface area contributed by atoms with Gasteiger partial charge in [0.2, 0.25) is 0 Å². The second-order valence-corrected chi connectivity index (χ2v) is 2.86. The van der Waals surface area contributed by atoms with Crippen LogP contribution in [0.1, 0.15) is 16.2 Å². The summed E-state index contributed by atoms with van der Waals surface area (Å²) >= 11 is 0. The van der Waals surface area contributed by atoms with Crippen LogP contribution in [0.15, 0.2) is 22.6 Å². The van der Waals surface area contributed by atoms with Gasteiger partial charge in [-0.1, -0.05) is 0 Å².